The van der Waals surface area contributed by atoms with Gasteiger partial charge in [-0.15, -0.1) is 0 Å². The maximum atomic E-state index is 10.5. The van der Waals surface area contributed by atoms with Crippen LogP contribution in [0.1, 0.15) is 89.9 Å². The first-order valence-electron chi connectivity index (χ1n) is 8.80. The summed E-state index contributed by atoms with van der Waals surface area (Å²) in [4.78, 5) is 20.8. The van der Waals surface area contributed by atoms with E-state index < -0.39 is 5.97 Å². The first kappa shape index (κ1) is 20.7. The number of carbonyl (C=O) groups is 2. The number of allylic oxidation sites excluding steroid dienone is 1. The third-order valence-electron chi connectivity index (χ3n) is 3.79. The van der Waals surface area contributed by atoms with E-state index in [1.54, 1.807) is 0 Å². The molecule has 0 radical (unpaired) electrons. The lowest BCUT2D eigenvalue weighted by Gasteiger charge is -2.02. The predicted octanol–water partition coefficient (Wildman–Crippen LogP) is 4.57. The zero-order valence-corrected chi connectivity index (χ0v) is 13.9. The number of carboxylic acid groups (broad SMARTS) is 1. The highest BCUT2D eigenvalue weighted by atomic mass is 16.4. The number of nitrogens with two attached hydrogens (primary N) is 1. The van der Waals surface area contributed by atoms with E-state index in [1.165, 1.54) is 63.9 Å². The molecule has 0 saturated carbocycles. The Morgan fingerprint density at radius 1 is 0.727 bits per heavy atom. The molecule has 0 atom stereocenters. The molecule has 0 aliphatic heterocycles. The van der Waals surface area contributed by atoms with E-state index in [4.69, 9.17) is 10.8 Å². The van der Waals surface area contributed by atoms with Gasteiger partial charge in [-0.3, -0.25) is 9.59 Å². The molecule has 0 aromatic heterocycles. The summed E-state index contributed by atoms with van der Waals surface area (Å²) >= 11 is 0. The van der Waals surface area contributed by atoms with Crippen molar-refractivity contribution in [3.05, 3.63) is 12.2 Å². The van der Waals surface area contributed by atoms with Crippen LogP contribution >= 0.6 is 0 Å². The average Bonchev–Trinajstić information content (AvgIpc) is 2.46. The van der Waals surface area contributed by atoms with E-state index >= 15 is 0 Å². The van der Waals surface area contributed by atoms with Crippen molar-refractivity contribution in [1.29, 1.82) is 0 Å². The lowest BCUT2D eigenvalue weighted by molar-refractivity contribution is -0.137. The molecule has 0 rings (SSSR count). The van der Waals surface area contributed by atoms with Crippen LogP contribution in [0.5, 0.6) is 0 Å². The minimum Gasteiger partial charge on any atom is -0.481 e. The fourth-order valence-electron chi connectivity index (χ4n) is 2.51. The summed E-state index contributed by atoms with van der Waals surface area (Å²) in [6.45, 7) is 0. The molecule has 0 saturated heterocycles. The molecular weight excluding hydrogens is 278 g/mol. The van der Waals surface area contributed by atoms with Gasteiger partial charge in [-0.05, 0) is 25.3 Å². The van der Waals surface area contributed by atoms with Crippen molar-refractivity contribution in [2.24, 2.45) is 5.73 Å². The Balaban J connectivity index is 3.05. The molecule has 0 aliphatic rings. The molecule has 4 heteroatoms. The lowest BCUT2D eigenvalue weighted by atomic mass is 10.0. The average molecular weight is 311 g/mol. The number of amides is 1. The summed E-state index contributed by atoms with van der Waals surface area (Å²) in [5, 5.41) is 8.52. The van der Waals surface area contributed by atoms with Crippen LogP contribution in [0, 0.1) is 0 Å². The summed E-state index contributed by atoms with van der Waals surface area (Å²) in [6.07, 6.45) is 19.0. The zero-order valence-electron chi connectivity index (χ0n) is 13.9. The van der Waals surface area contributed by atoms with Gasteiger partial charge in [-0.1, -0.05) is 70.3 Å². The topological polar surface area (TPSA) is 80.4 Å². The number of aliphatic carboxylic acids is 1. The molecule has 22 heavy (non-hydrogen) atoms. The Labute approximate surface area is 135 Å². The van der Waals surface area contributed by atoms with Gasteiger partial charge in [0.2, 0.25) is 5.91 Å². The van der Waals surface area contributed by atoms with E-state index in [9.17, 15) is 9.59 Å². The van der Waals surface area contributed by atoms with E-state index in [-0.39, 0.29) is 5.91 Å². The second kappa shape index (κ2) is 16.1. The van der Waals surface area contributed by atoms with Crippen molar-refractivity contribution in [2.45, 2.75) is 89.9 Å². The number of rotatable bonds is 16. The number of primary amides is 1. The molecule has 0 spiro atoms. The fraction of sp³-hybridized carbons (Fsp3) is 0.778. The van der Waals surface area contributed by atoms with Gasteiger partial charge in [0.15, 0.2) is 0 Å². The van der Waals surface area contributed by atoms with Gasteiger partial charge in [0.1, 0.15) is 0 Å². The monoisotopic (exact) mass is 311 g/mol. The highest BCUT2D eigenvalue weighted by Gasteiger charge is 1.97. The van der Waals surface area contributed by atoms with Gasteiger partial charge in [0, 0.05) is 6.42 Å². The minimum absolute atomic E-state index is 0.318. The Morgan fingerprint density at radius 3 is 1.55 bits per heavy atom. The Hall–Kier alpha value is -1.32. The second-order valence-electron chi connectivity index (χ2n) is 5.98. The smallest absolute Gasteiger partial charge is 0.303 e. The van der Waals surface area contributed by atoms with Crippen LogP contribution < -0.4 is 5.73 Å². The van der Waals surface area contributed by atoms with Gasteiger partial charge in [0.05, 0.1) is 0 Å². The van der Waals surface area contributed by atoms with Crippen molar-refractivity contribution >= 4 is 11.9 Å². The summed E-state index contributed by atoms with van der Waals surface area (Å²) < 4.78 is 0. The van der Waals surface area contributed by atoms with E-state index in [0.29, 0.717) is 6.42 Å². The molecule has 0 fully saturated rings. The number of hydrogen-bond donors (Lipinski definition) is 2. The van der Waals surface area contributed by atoms with Crippen molar-refractivity contribution in [3.63, 3.8) is 0 Å². The molecular formula is C18H33NO3. The minimum atomic E-state index is -0.677. The normalized spacial score (nSPS) is 11.1. The molecule has 0 heterocycles. The first-order chi connectivity index (χ1) is 10.6. The third-order valence-corrected chi connectivity index (χ3v) is 3.79. The number of unbranched alkanes of at least 4 members (excludes halogenated alkanes) is 12. The van der Waals surface area contributed by atoms with Crippen LogP contribution in [0.4, 0.5) is 0 Å². The standard InChI is InChI=1S/C18H33NO3/c19-17(20)15-13-11-9-7-5-3-1-2-4-6-8-10-12-14-16-18(21)22/h13,15H,1-12,14,16H2,(H2,19,20)(H,21,22). The van der Waals surface area contributed by atoms with E-state index in [1.807, 2.05) is 6.08 Å². The highest BCUT2D eigenvalue weighted by Crippen LogP contribution is 2.13. The molecule has 0 bridgehead atoms. The maximum absolute atomic E-state index is 10.5. The highest BCUT2D eigenvalue weighted by molar-refractivity contribution is 5.85. The Morgan fingerprint density at radius 2 is 1.14 bits per heavy atom. The van der Waals surface area contributed by atoms with Crippen molar-refractivity contribution < 1.29 is 14.7 Å². The largest absolute Gasteiger partial charge is 0.481 e. The van der Waals surface area contributed by atoms with Crippen LogP contribution in [-0.4, -0.2) is 17.0 Å². The van der Waals surface area contributed by atoms with Gasteiger partial charge in [-0.25, -0.2) is 0 Å². The van der Waals surface area contributed by atoms with Gasteiger partial charge in [0.25, 0.3) is 0 Å². The zero-order chi connectivity index (χ0) is 16.5. The third kappa shape index (κ3) is 18.7. The molecule has 0 aliphatic carbocycles. The van der Waals surface area contributed by atoms with Crippen molar-refractivity contribution in [1.82, 2.24) is 0 Å². The summed E-state index contributed by atoms with van der Waals surface area (Å²) in [6, 6.07) is 0. The van der Waals surface area contributed by atoms with E-state index in [0.717, 1.165) is 25.7 Å². The van der Waals surface area contributed by atoms with Gasteiger partial charge in [-0.2, -0.15) is 0 Å². The lowest BCUT2D eigenvalue weighted by Crippen LogP contribution is -2.05. The SMILES string of the molecule is NC(=O)C=CCCCCCCCCCCCCCCC(=O)O. The summed E-state index contributed by atoms with van der Waals surface area (Å²) in [5.74, 6) is -1.04. The van der Waals surface area contributed by atoms with Gasteiger partial charge >= 0.3 is 5.97 Å². The number of carbonyl (C=O) groups excluding carboxylic acids is 1. The number of carboxylic acids is 1. The second-order valence-corrected chi connectivity index (χ2v) is 5.98. The summed E-state index contributed by atoms with van der Waals surface area (Å²) in [7, 11) is 0. The Bertz CT molecular complexity index is 313. The first-order valence-corrected chi connectivity index (χ1v) is 8.80. The Kier molecular flexibility index (Phi) is 15.1. The van der Waals surface area contributed by atoms with Crippen LogP contribution in [0.15, 0.2) is 12.2 Å². The van der Waals surface area contributed by atoms with Gasteiger partial charge < -0.3 is 10.8 Å². The van der Waals surface area contributed by atoms with Crippen molar-refractivity contribution in [3.8, 4) is 0 Å². The van der Waals surface area contributed by atoms with Crippen LogP contribution in [-0.2, 0) is 9.59 Å². The molecule has 128 valence electrons. The molecule has 0 unspecified atom stereocenters. The molecule has 3 N–H and O–H groups in total. The summed E-state index contributed by atoms with van der Waals surface area (Å²) in [5.41, 5.74) is 5.01. The quantitative estimate of drug-likeness (QED) is 0.323. The predicted molar refractivity (Wildman–Crippen MR) is 90.6 cm³/mol. The molecule has 1 amide bonds. The van der Waals surface area contributed by atoms with Crippen LogP contribution in [0.25, 0.3) is 0 Å². The molecule has 0 aromatic carbocycles. The number of hydrogen-bond acceptors (Lipinski definition) is 2. The maximum Gasteiger partial charge on any atom is 0.303 e. The molecule has 0 aromatic rings. The van der Waals surface area contributed by atoms with Crippen LogP contribution in [0.3, 0.4) is 0 Å². The molecule has 4 nitrogen and oxygen atoms in total. The van der Waals surface area contributed by atoms with Crippen molar-refractivity contribution in [2.75, 3.05) is 0 Å². The van der Waals surface area contributed by atoms with Crippen LogP contribution in [0.2, 0.25) is 0 Å². The fourth-order valence-corrected chi connectivity index (χ4v) is 2.51. The van der Waals surface area contributed by atoms with E-state index in [2.05, 4.69) is 0 Å².